The number of ether oxygens (including phenoxy) is 1. The van der Waals surface area contributed by atoms with Crippen LogP contribution in [0.3, 0.4) is 0 Å². The quantitative estimate of drug-likeness (QED) is 0.787. The number of nitrogens with one attached hydrogen (secondary N) is 1. The Balaban J connectivity index is 1.67. The Morgan fingerprint density at radius 2 is 1.83 bits per heavy atom. The van der Waals surface area contributed by atoms with Gasteiger partial charge in [0.15, 0.2) is 0 Å². The maximum absolute atomic E-state index is 13.2. The summed E-state index contributed by atoms with van der Waals surface area (Å²) >= 11 is 0. The van der Waals surface area contributed by atoms with Gasteiger partial charge in [0, 0.05) is 18.7 Å². The predicted molar refractivity (Wildman–Crippen MR) is 119 cm³/mol. The van der Waals surface area contributed by atoms with E-state index in [2.05, 4.69) is 11.4 Å². The molecule has 1 aliphatic rings. The lowest BCUT2D eigenvalue weighted by atomic mass is 9.97. The molecule has 30 heavy (non-hydrogen) atoms. The van der Waals surface area contributed by atoms with Crippen molar-refractivity contribution in [2.45, 2.75) is 33.2 Å². The topological polar surface area (TPSA) is 58.6 Å². The highest BCUT2D eigenvalue weighted by atomic mass is 16.5. The second-order valence-electron chi connectivity index (χ2n) is 8.06. The molecule has 1 heterocycles. The van der Waals surface area contributed by atoms with Crippen molar-refractivity contribution in [1.82, 2.24) is 10.2 Å². The fourth-order valence-corrected chi connectivity index (χ4v) is 3.66. The van der Waals surface area contributed by atoms with Gasteiger partial charge < -0.3 is 15.0 Å². The van der Waals surface area contributed by atoms with Gasteiger partial charge in [0.2, 0.25) is 5.91 Å². The number of amides is 2. The average Bonchev–Trinajstić information content (AvgIpc) is 2.77. The lowest BCUT2D eigenvalue weighted by Crippen LogP contribution is -2.52. The molecular weight excluding hydrogens is 376 g/mol. The SMILES string of the molecule is COc1ccc(C2=CCN(C(=O)[C@H](NC(=O)c3cccc(C)c3)C(C)C)CC2)cc1. The van der Waals surface area contributed by atoms with E-state index in [4.69, 9.17) is 4.74 Å². The van der Waals surface area contributed by atoms with Crippen LogP contribution < -0.4 is 10.1 Å². The van der Waals surface area contributed by atoms with Gasteiger partial charge in [0.1, 0.15) is 11.8 Å². The minimum absolute atomic E-state index is 0.00164. The minimum atomic E-state index is -0.547. The number of aryl methyl sites for hydroxylation is 1. The number of carbonyl (C=O) groups excluding carboxylic acids is 2. The molecule has 2 amide bonds. The van der Waals surface area contributed by atoms with Gasteiger partial charge in [-0.15, -0.1) is 0 Å². The van der Waals surface area contributed by atoms with Crippen LogP contribution in [0.15, 0.2) is 54.6 Å². The van der Waals surface area contributed by atoms with Gasteiger partial charge in [-0.3, -0.25) is 9.59 Å². The van der Waals surface area contributed by atoms with E-state index in [-0.39, 0.29) is 17.7 Å². The summed E-state index contributed by atoms with van der Waals surface area (Å²) in [6.07, 6.45) is 2.89. The first kappa shape index (κ1) is 21.6. The highest BCUT2D eigenvalue weighted by Gasteiger charge is 2.29. The third-order valence-corrected chi connectivity index (χ3v) is 5.48. The molecule has 5 nitrogen and oxygen atoms in total. The van der Waals surface area contributed by atoms with Crippen molar-refractivity contribution in [1.29, 1.82) is 0 Å². The number of benzene rings is 2. The molecule has 0 spiro atoms. The summed E-state index contributed by atoms with van der Waals surface area (Å²) in [5.41, 5.74) is 3.97. The molecule has 0 saturated heterocycles. The summed E-state index contributed by atoms with van der Waals surface area (Å²) in [4.78, 5) is 27.7. The largest absolute Gasteiger partial charge is 0.497 e. The van der Waals surface area contributed by atoms with Gasteiger partial charge in [-0.2, -0.15) is 0 Å². The van der Waals surface area contributed by atoms with E-state index in [1.807, 2.05) is 68.1 Å². The Kier molecular flexibility index (Phi) is 6.93. The molecular formula is C25H30N2O3. The van der Waals surface area contributed by atoms with E-state index in [0.717, 1.165) is 23.3 Å². The lowest BCUT2D eigenvalue weighted by Gasteiger charge is -2.32. The summed E-state index contributed by atoms with van der Waals surface area (Å²) in [6, 6.07) is 14.8. The van der Waals surface area contributed by atoms with Gasteiger partial charge in [-0.1, -0.05) is 49.8 Å². The van der Waals surface area contributed by atoms with Crippen LogP contribution in [0.4, 0.5) is 0 Å². The first-order valence-corrected chi connectivity index (χ1v) is 10.4. The van der Waals surface area contributed by atoms with Crippen LogP contribution in [0.1, 0.15) is 41.8 Å². The molecule has 0 aliphatic carbocycles. The smallest absolute Gasteiger partial charge is 0.251 e. The molecule has 0 unspecified atom stereocenters. The summed E-state index contributed by atoms with van der Waals surface area (Å²) in [5, 5.41) is 2.95. The van der Waals surface area contributed by atoms with Gasteiger partial charge in [-0.25, -0.2) is 0 Å². The van der Waals surface area contributed by atoms with Crippen LogP contribution in [0.25, 0.3) is 5.57 Å². The molecule has 2 aromatic carbocycles. The summed E-state index contributed by atoms with van der Waals surface area (Å²) in [7, 11) is 1.65. The van der Waals surface area contributed by atoms with Crippen molar-refractivity contribution >= 4 is 17.4 Å². The minimum Gasteiger partial charge on any atom is -0.497 e. The molecule has 0 bridgehead atoms. The molecule has 3 rings (SSSR count). The van der Waals surface area contributed by atoms with Crippen molar-refractivity contribution < 1.29 is 14.3 Å². The molecule has 0 saturated carbocycles. The first-order valence-electron chi connectivity index (χ1n) is 10.4. The summed E-state index contributed by atoms with van der Waals surface area (Å²) in [5.74, 6) is 0.586. The normalized spacial score (nSPS) is 14.8. The molecule has 1 N–H and O–H groups in total. The van der Waals surface area contributed by atoms with E-state index in [1.165, 1.54) is 5.57 Å². The maximum Gasteiger partial charge on any atom is 0.251 e. The second-order valence-corrected chi connectivity index (χ2v) is 8.06. The molecule has 5 heteroatoms. The second kappa shape index (κ2) is 9.61. The van der Waals surface area contributed by atoms with E-state index in [0.29, 0.717) is 18.7 Å². The van der Waals surface area contributed by atoms with Gasteiger partial charge in [0.25, 0.3) is 5.91 Å². The van der Waals surface area contributed by atoms with Crippen LogP contribution in [-0.2, 0) is 4.79 Å². The number of hydrogen-bond acceptors (Lipinski definition) is 3. The molecule has 1 aliphatic heterocycles. The average molecular weight is 407 g/mol. The number of carbonyl (C=O) groups is 2. The first-order chi connectivity index (χ1) is 14.4. The van der Waals surface area contributed by atoms with Crippen LogP contribution in [0.2, 0.25) is 0 Å². The van der Waals surface area contributed by atoms with Crippen LogP contribution >= 0.6 is 0 Å². The van der Waals surface area contributed by atoms with Crippen molar-refractivity contribution in [3.8, 4) is 5.75 Å². The monoisotopic (exact) mass is 406 g/mol. The fraction of sp³-hybridized carbons (Fsp3) is 0.360. The molecule has 1 atom stereocenters. The van der Waals surface area contributed by atoms with E-state index in [9.17, 15) is 9.59 Å². The zero-order chi connectivity index (χ0) is 21.7. The molecule has 2 aromatic rings. The Hall–Kier alpha value is -3.08. The predicted octanol–water partition coefficient (Wildman–Crippen LogP) is 4.07. The van der Waals surface area contributed by atoms with Crippen LogP contribution in [0, 0.1) is 12.8 Å². The molecule has 0 radical (unpaired) electrons. The number of rotatable bonds is 6. The van der Waals surface area contributed by atoms with E-state index in [1.54, 1.807) is 13.2 Å². The highest BCUT2D eigenvalue weighted by molar-refractivity contribution is 5.97. The zero-order valence-corrected chi connectivity index (χ0v) is 18.1. The molecule has 158 valence electrons. The van der Waals surface area contributed by atoms with E-state index < -0.39 is 6.04 Å². The molecule has 0 fully saturated rings. The highest BCUT2D eigenvalue weighted by Crippen LogP contribution is 2.25. The maximum atomic E-state index is 13.2. The van der Waals surface area contributed by atoms with Gasteiger partial charge in [0.05, 0.1) is 7.11 Å². The third-order valence-electron chi connectivity index (χ3n) is 5.48. The number of hydrogen-bond donors (Lipinski definition) is 1. The summed E-state index contributed by atoms with van der Waals surface area (Å²) in [6.45, 7) is 7.05. The van der Waals surface area contributed by atoms with Crippen LogP contribution in [0.5, 0.6) is 5.75 Å². The van der Waals surface area contributed by atoms with Crippen molar-refractivity contribution in [2.24, 2.45) is 5.92 Å². The summed E-state index contributed by atoms with van der Waals surface area (Å²) < 4.78 is 5.22. The lowest BCUT2D eigenvalue weighted by molar-refractivity contribution is -0.133. The third kappa shape index (κ3) is 5.09. The Bertz CT molecular complexity index is 932. The van der Waals surface area contributed by atoms with Crippen LogP contribution in [-0.4, -0.2) is 43.0 Å². The fourth-order valence-electron chi connectivity index (χ4n) is 3.66. The Morgan fingerprint density at radius 3 is 2.40 bits per heavy atom. The van der Waals surface area contributed by atoms with E-state index >= 15 is 0 Å². The standard InChI is InChI=1S/C25H30N2O3/c1-17(2)23(26-24(28)21-7-5-6-18(3)16-21)25(29)27-14-12-20(13-15-27)19-8-10-22(30-4)11-9-19/h5-12,16-17,23H,13-15H2,1-4H3,(H,26,28)/t23-/m1/s1. The number of nitrogens with zero attached hydrogens (tertiary/aromatic N) is 1. The van der Waals surface area contributed by atoms with Crippen molar-refractivity contribution in [3.63, 3.8) is 0 Å². The Morgan fingerprint density at radius 1 is 1.10 bits per heavy atom. The van der Waals surface area contributed by atoms with Crippen molar-refractivity contribution in [3.05, 3.63) is 71.3 Å². The Labute approximate surface area is 178 Å². The molecule has 0 aromatic heterocycles. The zero-order valence-electron chi connectivity index (χ0n) is 18.1. The van der Waals surface area contributed by atoms with Crippen molar-refractivity contribution in [2.75, 3.05) is 20.2 Å². The number of methoxy groups -OCH3 is 1. The van der Waals surface area contributed by atoms with Gasteiger partial charge >= 0.3 is 0 Å². The van der Waals surface area contributed by atoms with Gasteiger partial charge in [-0.05, 0) is 54.7 Å².